The first-order valence-electron chi connectivity index (χ1n) is 10.8. The van der Waals surface area contributed by atoms with Crippen molar-refractivity contribution in [1.82, 2.24) is 14.8 Å². The van der Waals surface area contributed by atoms with Gasteiger partial charge in [-0.25, -0.2) is 4.98 Å². The minimum absolute atomic E-state index is 0.0244. The van der Waals surface area contributed by atoms with Crippen LogP contribution in [0, 0.1) is 6.92 Å². The Balaban J connectivity index is 1.35. The van der Waals surface area contributed by atoms with Gasteiger partial charge < -0.3 is 15.1 Å². The Morgan fingerprint density at radius 2 is 1.71 bits per heavy atom. The van der Waals surface area contributed by atoms with Gasteiger partial charge in [-0.2, -0.15) is 12.6 Å². The molecule has 3 rings (SSSR count). The van der Waals surface area contributed by atoms with E-state index in [-0.39, 0.29) is 29.9 Å². The lowest BCUT2D eigenvalue weighted by atomic mass is 10.1. The average Bonchev–Trinajstić information content (AvgIpc) is 3.19. The molecule has 0 atom stereocenters. The van der Waals surface area contributed by atoms with E-state index in [0.29, 0.717) is 39.0 Å². The fraction of sp³-hybridized carbons (Fsp3) is 0.545. The monoisotopic (exact) mass is 462 g/mol. The molecule has 0 aliphatic carbocycles. The number of aryl methyl sites for hydroxylation is 1. The van der Waals surface area contributed by atoms with E-state index in [1.165, 1.54) is 5.56 Å². The Bertz CT molecular complexity index is 923. The zero-order chi connectivity index (χ0) is 22.2. The number of piperazine rings is 1. The van der Waals surface area contributed by atoms with Gasteiger partial charge in [-0.3, -0.25) is 14.4 Å². The lowest BCUT2D eigenvalue weighted by Crippen LogP contribution is -2.51. The maximum absolute atomic E-state index is 12.5. The van der Waals surface area contributed by atoms with Crippen LogP contribution in [-0.4, -0.2) is 70.9 Å². The number of hydrogen-bond donors (Lipinski definition) is 2. The SMILES string of the molecule is Cc1ccc2nc(NCC(=O)N3CCN(C(=O)CCCCCC(=O)CS)CC3)sc2c1. The van der Waals surface area contributed by atoms with Crippen LogP contribution in [0.25, 0.3) is 10.2 Å². The van der Waals surface area contributed by atoms with Gasteiger partial charge in [0.05, 0.1) is 16.8 Å². The van der Waals surface area contributed by atoms with E-state index < -0.39 is 0 Å². The van der Waals surface area contributed by atoms with Crippen LogP contribution in [-0.2, 0) is 14.4 Å². The van der Waals surface area contributed by atoms with E-state index in [1.54, 1.807) is 16.2 Å². The van der Waals surface area contributed by atoms with Crippen molar-refractivity contribution in [3.8, 4) is 0 Å². The number of nitrogens with zero attached hydrogens (tertiary/aromatic N) is 3. The highest BCUT2D eigenvalue weighted by atomic mass is 32.1. The third kappa shape index (κ3) is 6.93. The number of Topliss-reactive ketones (excluding diaryl/α,β-unsaturated/α-hetero) is 1. The molecule has 2 aromatic rings. The van der Waals surface area contributed by atoms with Crippen molar-refractivity contribution in [3.05, 3.63) is 23.8 Å². The lowest BCUT2D eigenvalue weighted by Gasteiger charge is -2.35. The topological polar surface area (TPSA) is 82.6 Å². The lowest BCUT2D eigenvalue weighted by molar-refractivity contribution is -0.138. The number of hydrogen-bond acceptors (Lipinski definition) is 7. The van der Waals surface area contributed by atoms with Gasteiger partial charge in [0.25, 0.3) is 0 Å². The predicted molar refractivity (Wildman–Crippen MR) is 128 cm³/mol. The van der Waals surface area contributed by atoms with Crippen LogP contribution < -0.4 is 5.32 Å². The van der Waals surface area contributed by atoms with Crippen LogP contribution >= 0.6 is 24.0 Å². The van der Waals surface area contributed by atoms with Crippen LogP contribution in [0.15, 0.2) is 18.2 Å². The van der Waals surface area contributed by atoms with Crippen LogP contribution in [0.3, 0.4) is 0 Å². The first-order valence-corrected chi connectivity index (χ1v) is 12.2. The van der Waals surface area contributed by atoms with Gasteiger partial charge in [0.15, 0.2) is 5.13 Å². The molecule has 9 heteroatoms. The summed E-state index contributed by atoms with van der Waals surface area (Å²) in [5.41, 5.74) is 2.13. The Morgan fingerprint density at radius 3 is 2.42 bits per heavy atom. The highest BCUT2D eigenvalue weighted by molar-refractivity contribution is 7.81. The Morgan fingerprint density at radius 1 is 1.03 bits per heavy atom. The number of thiazole rings is 1. The van der Waals surface area contributed by atoms with Crippen molar-refractivity contribution in [2.45, 2.75) is 39.0 Å². The van der Waals surface area contributed by atoms with Crippen molar-refractivity contribution in [2.24, 2.45) is 0 Å². The van der Waals surface area contributed by atoms with E-state index in [4.69, 9.17) is 0 Å². The van der Waals surface area contributed by atoms with Crippen molar-refractivity contribution >= 4 is 56.9 Å². The molecule has 2 amide bonds. The summed E-state index contributed by atoms with van der Waals surface area (Å²) >= 11 is 5.51. The van der Waals surface area contributed by atoms with Crippen molar-refractivity contribution in [2.75, 3.05) is 43.8 Å². The molecule has 0 spiro atoms. The molecule has 1 fully saturated rings. The minimum Gasteiger partial charge on any atom is -0.352 e. The molecule has 0 radical (unpaired) electrons. The molecule has 0 unspecified atom stereocenters. The standard InChI is InChI=1S/C22H30N4O3S2/c1-16-7-8-18-19(13-16)31-22(24-18)23-14-21(29)26-11-9-25(10-12-26)20(28)6-4-2-3-5-17(27)15-30/h7-8,13,30H,2-6,9-12,14-15H2,1H3,(H,23,24). The zero-order valence-corrected chi connectivity index (χ0v) is 19.6. The van der Waals surface area contributed by atoms with Gasteiger partial charge in [0.1, 0.15) is 5.78 Å². The number of thiol groups is 1. The molecular weight excluding hydrogens is 432 g/mol. The van der Waals surface area contributed by atoms with E-state index >= 15 is 0 Å². The number of fused-ring (bicyclic) bond motifs is 1. The van der Waals surface area contributed by atoms with Gasteiger partial charge in [0, 0.05) is 44.8 Å². The van der Waals surface area contributed by atoms with Crippen LogP contribution in [0.4, 0.5) is 5.13 Å². The molecule has 7 nitrogen and oxygen atoms in total. The Kier molecular flexibility index (Phi) is 8.71. The van der Waals surface area contributed by atoms with Gasteiger partial charge in [-0.15, -0.1) is 0 Å². The number of benzene rings is 1. The molecule has 1 aliphatic heterocycles. The normalized spacial score (nSPS) is 14.1. The number of unbranched alkanes of at least 4 members (excludes halogenated alkanes) is 2. The number of amides is 2. The third-order valence-electron chi connectivity index (χ3n) is 5.44. The summed E-state index contributed by atoms with van der Waals surface area (Å²) in [4.78, 5) is 44.3. The Labute approximate surface area is 192 Å². The molecule has 168 valence electrons. The molecule has 0 bridgehead atoms. The number of ketones is 1. The maximum atomic E-state index is 12.5. The summed E-state index contributed by atoms with van der Waals surface area (Å²) in [7, 11) is 0. The molecule has 0 saturated carbocycles. The Hall–Kier alpha value is -2.13. The number of carbonyl (C=O) groups is 3. The van der Waals surface area contributed by atoms with E-state index in [9.17, 15) is 14.4 Å². The quantitative estimate of drug-likeness (QED) is 0.419. The number of anilines is 1. The molecule has 2 heterocycles. The first-order chi connectivity index (χ1) is 15.0. The van der Waals surface area contributed by atoms with Gasteiger partial charge >= 0.3 is 0 Å². The van der Waals surface area contributed by atoms with Crippen molar-refractivity contribution < 1.29 is 14.4 Å². The van der Waals surface area contributed by atoms with E-state index in [1.807, 2.05) is 24.0 Å². The van der Waals surface area contributed by atoms with Crippen molar-refractivity contribution in [3.63, 3.8) is 0 Å². The van der Waals surface area contributed by atoms with Crippen LogP contribution in [0.2, 0.25) is 0 Å². The van der Waals surface area contributed by atoms with Gasteiger partial charge in [-0.1, -0.05) is 23.8 Å². The predicted octanol–water partition coefficient (Wildman–Crippen LogP) is 3.14. The summed E-state index contributed by atoms with van der Waals surface area (Å²) in [5, 5.41) is 3.89. The summed E-state index contributed by atoms with van der Waals surface area (Å²) < 4.78 is 1.11. The van der Waals surface area contributed by atoms with E-state index in [2.05, 4.69) is 29.0 Å². The number of aromatic nitrogens is 1. The number of carbonyl (C=O) groups excluding carboxylic acids is 3. The molecule has 1 aromatic carbocycles. The summed E-state index contributed by atoms with van der Waals surface area (Å²) in [5.74, 6) is 0.604. The van der Waals surface area contributed by atoms with Gasteiger partial charge in [-0.05, 0) is 37.5 Å². The highest BCUT2D eigenvalue weighted by Gasteiger charge is 2.23. The zero-order valence-electron chi connectivity index (χ0n) is 17.9. The average molecular weight is 463 g/mol. The second-order valence-corrected chi connectivity index (χ2v) is 9.21. The summed E-state index contributed by atoms with van der Waals surface area (Å²) in [6, 6.07) is 6.12. The first kappa shape index (κ1) is 23.5. The second kappa shape index (κ2) is 11.5. The fourth-order valence-corrected chi connectivity index (χ4v) is 4.71. The number of nitrogens with one attached hydrogen (secondary N) is 1. The molecule has 1 aliphatic rings. The number of rotatable bonds is 10. The molecule has 1 N–H and O–H groups in total. The summed E-state index contributed by atoms with van der Waals surface area (Å²) in [6.07, 6.45) is 3.53. The largest absolute Gasteiger partial charge is 0.352 e. The highest BCUT2D eigenvalue weighted by Crippen LogP contribution is 2.26. The maximum Gasteiger partial charge on any atom is 0.242 e. The van der Waals surface area contributed by atoms with Gasteiger partial charge in [0.2, 0.25) is 11.8 Å². The van der Waals surface area contributed by atoms with E-state index in [0.717, 1.165) is 34.6 Å². The minimum atomic E-state index is 0.0244. The van der Waals surface area contributed by atoms with Crippen LogP contribution in [0.1, 0.15) is 37.7 Å². The molecule has 1 saturated heterocycles. The smallest absolute Gasteiger partial charge is 0.242 e. The molecule has 1 aromatic heterocycles. The summed E-state index contributed by atoms with van der Waals surface area (Å²) in [6.45, 7) is 4.51. The third-order valence-corrected chi connectivity index (χ3v) is 6.77. The van der Waals surface area contributed by atoms with Crippen molar-refractivity contribution in [1.29, 1.82) is 0 Å². The van der Waals surface area contributed by atoms with Crippen LogP contribution in [0.5, 0.6) is 0 Å². The second-order valence-electron chi connectivity index (χ2n) is 7.86. The molecule has 31 heavy (non-hydrogen) atoms. The molecular formula is C22H30N4O3S2. The fourth-order valence-electron chi connectivity index (χ4n) is 3.59.